The van der Waals surface area contributed by atoms with Crippen molar-refractivity contribution in [2.24, 2.45) is 5.41 Å². The number of carbonyl (C=O) groups is 1. The lowest BCUT2D eigenvalue weighted by molar-refractivity contribution is -0.131. The molecule has 1 aliphatic rings. The molecule has 1 aliphatic carbocycles. The highest BCUT2D eigenvalue weighted by Gasteiger charge is 2.30. The van der Waals surface area contributed by atoms with Crippen LogP contribution in [0.4, 0.5) is 0 Å². The summed E-state index contributed by atoms with van der Waals surface area (Å²) in [6, 6.07) is 0. The lowest BCUT2D eigenvalue weighted by Crippen LogP contribution is -2.37. The SMILES string of the molecule is CC(=CC(=O)O)CNCC1(C)CCC1. The molecule has 0 atom stereocenters. The molecular formula is C11H19NO2. The van der Waals surface area contributed by atoms with Crippen LogP contribution in [-0.4, -0.2) is 24.2 Å². The van der Waals surface area contributed by atoms with E-state index in [9.17, 15) is 4.79 Å². The number of hydrogen-bond donors (Lipinski definition) is 2. The molecule has 3 nitrogen and oxygen atoms in total. The second-order valence-corrected chi connectivity index (χ2v) is 4.60. The fraction of sp³-hybridized carbons (Fsp3) is 0.727. The molecule has 3 heteroatoms. The summed E-state index contributed by atoms with van der Waals surface area (Å²) in [4.78, 5) is 10.3. The molecule has 1 saturated carbocycles. The van der Waals surface area contributed by atoms with Crippen LogP contribution in [-0.2, 0) is 4.79 Å². The molecule has 0 saturated heterocycles. The summed E-state index contributed by atoms with van der Waals surface area (Å²) in [5, 5.41) is 11.8. The summed E-state index contributed by atoms with van der Waals surface area (Å²) in [6.07, 6.45) is 5.18. The van der Waals surface area contributed by atoms with Gasteiger partial charge in [0, 0.05) is 19.2 Å². The van der Waals surface area contributed by atoms with Gasteiger partial charge >= 0.3 is 5.97 Å². The van der Waals surface area contributed by atoms with Gasteiger partial charge in [-0.25, -0.2) is 4.79 Å². The maximum absolute atomic E-state index is 10.3. The molecule has 2 N–H and O–H groups in total. The monoisotopic (exact) mass is 197 g/mol. The van der Waals surface area contributed by atoms with Gasteiger partial charge in [-0.2, -0.15) is 0 Å². The van der Waals surface area contributed by atoms with E-state index in [1.54, 1.807) is 0 Å². The maximum atomic E-state index is 10.3. The van der Waals surface area contributed by atoms with Crippen molar-refractivity contribution in [2.75, 3.05) is 13.1 Å². The summed E-state index contributed by atoms with van der Waals surface area (Å²) >= 11 is 0. The van der Waals surface area contributed by atoms with Crippen molar-refractivity contribution in [2.45, 2.75) is 33.1 Å². The highest BCUT2D eigenvalue weighted by molar-refractivity contribution is 5.80. The number of carboxylic acid groups (broad SMARTS) is 1. The molecule has 0 aromatic carbocycles. The molecule has 0 aliphatic heterocycles. The number of rotatable bonds is 5. The Morgan fingerprint density at radius 3 is 2.64 bits per heavy atom. The van der Waals surface area contributed by atoms with Crippen molar-refractivity contribution in [3.05, 3.63) is 11.6 Å². The van der Waals surface area contributed by atoms with E-state index in [0.717, 1.165) is 12.1 Å². The first-order valence-electron chi connectivity index (χ1n) is 5.13. The molecule has 0 aromatic rings. The predicted molar refractivity (Wildman–Crippen MR) is 56.2 cm³/mol. The van der Waals surface area contributed by atoms with Gasteiger partial charge in [-0.15, -0.1) is 0 Å². The van der Waals surface area contributed by atoms with Crippen LogP contribution in [0.5, 0.6) is 0 Å². The van der Waals surface area contributed by atoms with Crippen LogP contribution in [0.1, 0.15) is 33.1 Å². The lowest BCUT2D eigenvalue weighted by atomic mass is 9.70. The summed E-state index contributed by atoms with van der Waals surface area (Å²) in [6.45, 7) is 5.80. The van der Waals surface area contributed by atoms with Crippen molar-refractivity contribution in [1.82, 2.24) is 5.32 Å². The van der Waals surface area contributed by atoms with E-state index in [0.29, 0.717) is 12.0 Å². The molecule has 80 valence electrons. The van der Waals surface area contributed by atoms with E-state index in [1.807, 2.05) is 6.92 Å². The zero-order valence-electron chi connectivity index (χ0n) is 8.97. The fourth-order valence-electron chi connectivity index (χ4n) is 1.78. The number of hydrogen-bond acceptors (Lipinski definition) is 2. The van der Waals surface area contributed by atoms with Crippen LogP contribution in [0, 0.1) is 5.41 Å². The first kappa shape index (κ1) is 11.2. The summed E-state index contributed by atoms with van der Waals surface area (Å²) in [5.41, 5.74) is 1.34. The Labute approximate surface area is 85.2 Å². The molecule has 0 bridgehead atoms. The molecule has 14 heavy (non-hydrogen) atoms. The van der Waals surface area contributed by atoms with Crippen LogP contribution < -0.4 is 5.32 Å². The Kier molecular flexibility index (Phi) is 3.69. The quantitative estimate of drug-likeness (QED) is 0.661. The van der Waals surface area contributed by atoms with Gasteiger partial charge in [0.25, 0.3) is 0 Å². The van der Waals surface area contributed by atoms with E-state index in [1.165, 1.54) is 25.3 Å². The number of aliphatic carboxylic acids is 1. The fourth-order valence-corrected chi connectivity index (χ4v) is 1.78. The van der Waals surface area contributed by atoms with Gasteiger partial charge < -0.3 is 10.4 Å². The zero-order valence-corrected chi connectivity index (χ0v) is 8.97. The largest absolute Gasteiger partial charge is 0.478 e. The minimum atomic E-state index is -0.862. The van der Waals surface area contributed by atoms with Gasteiger partial charge in [0.05, 0.1) is 0 Å². The van der Waals surface area contributed by atoms with Crippen LogP contribution in [0.15, 0.2) is 11.6 Å². The molecule has 1 fully saturated rings. The molecule has 0 unspecified atom stereocenters. The number of nitrogens with one attached hydrogen (secondary N) is 1. The van der Waals surface area contributed by atoms with Crippen molar-refractivity contribution in [1.29, 1.82) is 0 Å². The van der Waals surface area contributed by atoms with Gasteiger partial charge in [0.2, 0.25) is 0 Å². The van der Waals surface area contributed by atoms with Gasteiger partial charge in [0.15, 0.2) is 0 Å². The normalized spacial score (nSPS) is 20.3. The van der Waals surface area contributed by atoms with E-state index in [4.69, 9.17) is 5.11 Å². The average Bonchev–Trinajstić information content (AvgIpc) is 1.99. The first-order valence-corrected chi connectivity index (χ1v) is 5.13. The Bertz CT molecular complexity index is 242. The summed E-state index contributed by atoms with van der Waals surface area (Å²) in [7, 11) is 0. The summed E-state index contributed by atoms with van der Waals surface area (Å²) < 4.78 is 0. The Balaban J connectivity index is 2.17. The minimum Gasteiger partial charge on any atom is -0.478 e. The molecule has 0 aromatic heterocycles. The summed E-state index contributed by atoms with van der Waals surface area (Å²) in [5.74, 6) is -0.862. The second kappa shape index (κ2) is 4.60. The van der Waals surface area contributed by atoms with Crippen LogP contribution in [0.3, 0.4) is 0 Å². The zero-order chi connectivity index (χ0) is 10.6. The highest BCUT2D eigenvalue weighted by atomic mass is 16.4. The van der Waals surface area contributed by atoms with Crippen LogP contribution >= 0.6 is 0 Å². The smallest absolute Gasteiger partial charge is 0.328 e. The van der Waals surface area contributed by atoms with Crippen LogP contribution in [0.2, 0.25) is 0 Å². The van der Waals surface area contributed by atoms with E-state index >= 15 is 0 Å². The van der Waals surface area contributed by atoms with Crippen molar-refractivity contribution >= 4 is 5.97 Å². The van der Waals surface area contributed by atoms with Gasteiger partial charge in [-0.3, -0.25) is 0 Å². The van der Waals surface area contributed by atoms with Gasteiger partial charge in [-0.1, -0.05) is 18.9 Å². The highest BCUT2D eigenvalue weighted by Crippen LogP contribution is 2.39. The molecule has 0 spiro atoms. The molecular weight excluding hydrogens is 178 g/mol. The molecule has 1 rings (SSSR count). The Hall–Kier alpha value is -0.830. The predicted octanol–water partition coefficient (Wildman–Crippen LogP) is 1.80. The second-order valence-electron chi connectivity index (χ2n) is 4.60. The Morgan fingerprint density at radius 2 is 2.21 bits per heavy atom. The minimum absolute atomic E-state index is 0.462. The third kappa shape index (κ3) is 3.50. The van der Waals surface area contributed by atoms with Crippen LogP contribution in [0.25, 0.3) is 0 Å². The van der Waals surface area contributed by atoms with E-state index < -0.39 is 5.97 Å². The standard InChI is InChI=1S/C11H19NO2/c1-9(6-10(13)14)7-12-8-11(2)4-3-5-11/h6,12H,3-5,7-8H2,1-2H3,(H,13,14). The van der Waals surface area contributed by atoms with Gasteiger partial charge in [-0.05, 0) is 25.2 Å². The van der Waals surface area contributed by atoms with Crippen molar-refractivity contribution in [3.63, 3.8) is 0 Å². The first-order chi connectivity index (χ1) is 6.52. The average molecular weight is 197 g/mol. The number of carboxylic acids is 1. The molecule has 0 amide bonds. The molecule has 0 heterocycles. The topological polar surface area (TPSA) is 49.3 Å². The van der Waals surface area contributed by atoms with Crippen molar-refractivity contribution in [3.8, 4) is 0 Å². The lowest BCUT2D eigenvalue weighted by Gasteiger charge is -2.38. The molecule has 0 radical (unpaired) electrons. The maximum Gasteiger partial charge on any atom is 0.328 e. The van der Waals surface area contributed by atoms with Crippen molar-refractivity contribution < 1.29 is 9.90 Å². The Morgan fingerprint density at radius 1 is 1.57 bits per heavy atom. The third-order valence-corrected chi connectivity index (χ3v) is 2.89. The van der Waals surface area contributed by atoms with E-state index in [2.05, 4.69) is 12.2 Å². The van der Waals surface area contributed by atoms with Gasteiger partial charge in [0.1, 0.15) is 0 Å². The van der Waals surface area contributed by atoms with E-state index in [-0.39, 0.29) is 0 Å². The third-order valence-electron chi connectivity index (χ3n) is 2.89.